The van der Waals surface area contributed by atoms with Crippen molar-refractivity contribution in [2.24, 2.45) is 5.73 Å². The predicted molar refractivity (Wildman–Crippen MR) is 133 cm³/mol. The fourth-order valence-electron chi connectivity index (χ4n) is 3.69. The van der Waals surface area contributed by atoms with Crippen LogP contribution in [0.2, 0.25) is 0 Å². The summed E-state index contributed by atoms with van der Waals surface area (Å²) in [6.07, 6.45) is 0. The van der Waals surface area contributed by atoms with Crippen molar-refractivity contribution in [3.63, 3.8) is 0 Å². The Hall–Kier alpha value is -2.94. The Bertz CT molecular complexity index is 1230. The number of carboxylic acid groups (broad SMARTS) is 1. The summed E-state index contributed by atoms with van der Waals surface area (Å²) in [4.78, 5) is 50.2. The van der Waals surface area contributed by atoms with Crippen LogP contribution in [-0.2, 0) is 19.2 Å². The second kappa shape index (κ2) is 10.4. The lowest BCUT2D eigenvalue weighted by atomic mass is 10.0. The number of anilines is 1. The lowest BCUT2D eigenvalue weighted by Crippen LogP contribution is -2.71. The van der Waals surface area contributed by atoms with Gasteiger partial charge in [0.2, 0.25) is 11.8 Å². The number of hydrogen-bond acceptors (Lipinski definition) is 10. The number of aryl methyl sites for hydroxylation is 1. The van der Waals surface area contributed by atoms with Gasteiger partial charge in [-0.3, -0.25) is 19.3 Å². The molecule has 4 rings (SSSR count). The molecule has 1 aromatic carbocycles. The Morgan fingerprint density at radius 1 is 1.34 bits per heavy atom. The van der Waals surface area contributed by atoms with Crippen molar-refractivity contribution in [1.82, 2.24) is 20.4 Å². The minimum atomic E-state index is -1.19. The van der Waals surface area contributed by atoms with Gasteiger partial charge in [-0.1, -0.05) is 35.2 Å². The van der Waals surface area contributed by atoms with E-state index in [1.807, 2.05) is 6.92 Å². The van der Waals surface area contributed by atoms with E-state index in [4.69, 9.17) is 5.73 Å². The number of carbonyl (C=O) groups excluding carboxylic acids is 3. The van der Waals surface area contributed by atoms with Crippen molar-refractivity contribution in [3.8, 4) is 0 Å². The van der Waals surface area contributed by atoms with Crippen molar-refractivity contribution in [2.75, 3.05) is 16.8 Å². The molecule has 2 unspecified atom stereocenters. The summed E-state index contributed by atoms with van der Waals surface area (Å²) >= 11 is 4.18. The molecule has 11 nitrogen and oxygen atoms in total. The summed E-state index contributed by atoms with van der Waals surface area (Å²) < 4.78 is 0.725. The van der Waals surface area contributed by atoms with E-state index in [-0.39, 0.29) is 11.6 Å². The third kappa shape index (κ3) is 5.34. The third-order valence-electron chi connectivity index (χ3n) is 5.27. The molecule has 0 aliphatic carbocycles. The van der Waals surface area contributed by atoms with E-state index in [1.165, 1.54) is 46.7 Å². The van der Waals surface area contributed by atoms with E-state index >= 15 is 0 Å². The smallest absolute Gasteiger partial charge is 0.352 e. The second-order valence-corrected chi connectivity index (χ2v) is 11.3. The molecule has 0 spiro atoms. The Morgan fingerprint density at radius 3 is 2.77 bits per heavy atom. The summed E-state index contributed by atoms with van der Waals surface area (Å²) in [5.41, 5.74) is 7.62. The van der Waals surface area contributed by atoms with Crippen LogP contribution in [0, 0.1) is 6.92 Å². The molecule has 2 aliphatic heterocycles. The quantitative estimate of drug-likeness (QED) is 0.286. The molecule has 184 valence electrons. The van der Waals surface area contributed by atoms with Crippen molar-refractivity contribution >= 4 is 64.2 Å². The molecule has 1 fully saturated rings. The summed E-state index contributed by atoms with van der Waals surface area (Å²) in [6, 6.07) is 4.61. The van der Waals surface area contributed by atoms with E-state index in [1.54, 1.807) is 24.3 Å². The largest absolute Gasteiger partial charge is 0.477 e. The Balaban J connectivity index is 1.43. The fraction of sp³-hybridized carbons (Fsp3) is 0.333. The normalized spacial score (nSPS) is 20.1. The SMILES string of the molecule is CC(=O)Nc1cccc(C(N)C(=O)NC2C(=O)N3C(C(=O)O)=C(CSc4nnc(C)s4)CS[C@@H]23)c1. The first-order valence-electron chi connectivity index (χ1n) is 10.4. The predicted octanol–water partition coefficient (Wildman–Crippen LogP) is 1.34. The second-order valence-electron chi connectivity index (χ2n) is 7.81. The Morgan fingerprint density at radius 2 is 2.11 bits per heavy atom. The van der Waals surface area contributed by atoms with Crippen LogP contribution < -0.4 is 16.4 Å². The number of rotatable bonds is 8. The van der Waals surface area contributed by atoms with Crippen LogP contribution in [0.1, 0.15) is 23.5 Å². The maximum atomic E-state index is 12.9. The molecule has 1 aromatic heterocycles. The first kappa shape index (κ1) is 25.2. The molecular formula is C21H22N6O5S3. The zero-order chi connectivity index (χ0) is 25.3. The van der Waals surface area contributed by atoms with E-state index in [9.17, 15) is 24.3 Å². The molecule has 0 bridgehead atoms. The molecule has 3 amide bonds. The molecular weight excluding hydrogens is 512 g/mol. The number of carbonyl (C=O) groups is 4. The van der Waals surface area contributed by atoms with Gasteiger partial charge in [-0.25, -0.2) is 4.79 Å². The monoisotopic (exact) mass is 534 g/mol. The number of β-lactam (4-membered cyclic amide) rings is 1. The van der Waals surface area contributed by atoms with Gasteiger partial charge in [0.25, 0.3) is 5.91 Å². The highest BCUT2D eigenvalue weighted by Gasteiger charge is 2.54. The molecule has 2 aromatic rings. The van der Waals surface area contributed by atoms with E-state index in [2.05, 4.69) is 20.8 Å². The molecule has 0 saturated carbocycles. The molecule has 3 atom stereocenters. The molecule has 35 heavy (non-hydrogen) atoms. The van der Waals surface area contributed by atoms with Gasteiger partial charge in [0.15, 0.2) is 4.34 Å². The number of amides is 3. The number of benzene rings is 1. The number of thioether (sulfide) groups is 2. The highest BCUT2D eigenvalue weighted by Crippen LogP contribution is 2.42. The van der Waals surface area contributed by atoms with Crippen LogP contribution in [-0.4, -0.2) is 66.8 Å². The van der Waals surface area contributed by atoms with Crippen LogP contribution in [0.5, 0.6) is 0 Å². The molecule has 14 heteroatoms. The van der Waals surface area contributed by atoms with E-state index in [0.717, 1.165) is 9.35 Å². The standard InChI is InChI=1S/C21H22N6O5S3/c1-9(28)23-13-5-3-4-11(6-13)14(22)17(29)24-15-18(30)27-16(20(31)32)12(7-33-19(15)27)8-34-21-26-25-10(2)35-21/h3-6,14-15,19H,7-8,22H2,1-2H3,(H,23,28)(H,24,29)(H,31,32)/t14?,15?,19-/m0/s1. The average molecular weight is 535 g/mol. The highest BCUT2D eigenvalue weighted by molar-refractivity contribution is 8.01. The maximum Gasteiger partial charge on any atom is 0.352 e. The van der Waals surface area contributed by atoms with Gasteiger partial charge in [-0.15, -0.1) is 22.0 Å². The number of carboxylic acids is 1. The van der Waals surface area contributed by atoms with Crippen molar-refractivity contribution in [2.45, 2.75) is 35.6 Å². The number of aliphatic carboxylic acids is 1. The maximum absolute atomic E-state index is 12.9. The van der Waals surface area contributed by atoms with Crippen LogP contribution in [0.3, 0.4) is 0 Å². The van der Waals surface area contributed by atoms with Crippen molar-refractivity contribution in [3.05, 3.63) is 46.1 Å². The van der Waals surface area contributed by atoms with Gasteiger partial charge in [0.1, 0.15) is 28.2 Å². The van der Waals surface area contributed by atoms with Gasteiger partial charge in [0, 0.05) is 24.1 Å². The van der Waals surface area contributed by atoms with Crippen LogP contribution in [0.4, 0.5) is 5.69 Å². The molecule has 1 saturated heterocycles. The number of nitrogens with zero attached hydrogens (tertiary/aromatic N) is 3. The number of nitrogens with one attached hydrogen (secondary N) is 2. The minimum Gasteiger partial charge on any atom is -0.477 e. The summed E-state index contributed by atoms with van der Waals surface area (Å²) in [5, 5.41) is 23.4. The van der Waals surface area contributed by atoms with Gasteiger partial charge < -0.3 is 21.5 Å². The average Bonchev–Trinajstić information content (AvgIpc) is 3.24. The summed E-state index contributed by atoms with van der Waals surface area (Å²) in [6.45, 7) is 3.21. The van der Waals surface area contributed by atoms with Crippen molar-refractivity contribution in [1.29, 1.82) is 0 Å². The van der Waals surface area contributed by atoms with Crippen molar-refractivity contribution < 1.29 is 24.3 Å². The first-order valence-corrected chi connectivity index (χ1v) is 13.3. The van der Waals surface area contributed by atoms with Crippen LogP contribution in [0.15, 0.2) is 39.9 Å². The molecule has 2 aliphatic rings. The van der Waals surface area contributed by atoms with Gasteiger partial charge in [-0.2, -0.15) is 0 Å². The van der Waals surface area contributed by atoms with E-state index in [0.29, 0.717) is 28.3 Å². The van der Waals surface area contributed by atoms with E-state index < -0.39 is 35.2 Å². The lowest BCUT2D eigenvalue weighted by molar-refractivity contribution is -0.150. The number of aromatic nitrogens is 2. The minimum absolute atomic E-state index is 0.0507. The Labute approximate surface area is 212 Å². The van der Waals surface area contributed by atoms with Gasteiger partial charge >= 0.3 is 5.97 Å². The topological polar surface area (TPSA) is 168 Å². The zero-order valence-corrected chi connectivity index (χ0v) is 21.1. The Kier molecular flexibility index (Phi) is 7.44. The molecule has 0 radical (unpaired) electrons. The van der Waals surface area contributed by atoms with Gasteiger partial charge in [-0.05, 0) is 30.2 Å². The van der Waals surface area contributed by atoms with Gasteiger partial charge in [0.05, 0.1) is 0 Å². The zero-order valence-electron chi connectivity index (χ0n) is 18.7. The third-order valence-corrected chi connectivity index (χ3v) is 8.67. The first-order chi connectivity index (χ1) is 16.7. The summed E-state index contributed by atoms with van der Waals surface area (Å²) in [7, 11) is 0. The number of nitrogens with two attached hydrogens (primary N) is 1. The van der Waals surface area contributed by atoms with Crippen LogP contribution >= 0.6 is 34.9 Å². The number of hydrogen-bond donors (Lipinski definition) is 4. The highest BCUT2D eigenvalue weighted by atomic mass is 32.2. The molecule has 3 heterocycles. The van der Waals surface area contributed by atoms with Crippen LogP contribution in [0.25, 0.3) is 0 Å². The fourth-order valence-corrected chi connectivity index (χ4v) is 6.99. The lowest BCUT2D eigenvalue weighted by Gasteiger charge is -2.49. The summed E-state index contributed by atoms with van der Waals surface area (Å²) in [5.74, 6) is -1.75. The number of fused-ring (bicyclic) bond motifs is 1. The molecule has 5 N–H and O–H groups in total.